The van der Waals surface area contributed by atoms with Crippen LogP contribution in [-0.2, 0) is 19.5 Å². The topological polar surface area (TPSA) is 150 Å². The summed E-state index contributed by atoms with van der Waals surface area (Å²) in [5.74, 6) is 0. The lowest BCUT2D eigenvalue weighted by atomic mass is 10.0. The average molecular weight is 529 g/mol. The lowest BCUT2D eigenvalue weighted by molar-refractivity contribution is 0.00706. The van der Waals surface area contributed by atoms with Crippen LogP contribution in [0, 0.1) is 0 Å². The first-order valence-corrected chi connectivity index (χ1v) is 13.1. The maximum atomic E-state index is 11.5. The van der Waals surface area contributed by atoms with Gasteiger partial charge in [0.1, 0.15) is 18.3 Å². The monoisotopic (exact) mass is 528 g/mol. The Bertz CT molecular complexity index is 1540. The van der Waals surface area contributed by atoms with Crippen LogP contribution in [0.1, 0.15) is 0 Å². The summed E-state index contributed by atoms with van der Waals surface area (Å²) in [6.07, 6.45) is -1.80. The molecule has 6 rings (SSSR count). The van der Waals surface area contributed by atoms with Crippen molar-refractivity contribution >= 4 is 32.8 Å². The van der Waals surface area contributed by atoms with Crippen molar-refractivity contribution in [3.05, 3.63) is 59.6 Å². The van der Waals surface area contributed by atoms with Crippen molar-refractivity contribution in [3.63, 3.8) is 0 Å². The zero-order valence-corrected chi connectivity index (χ0v) is 20.2. The number of primary sulfonamides is 1. The number of nitrogens with two attached hydrogens (primary N) is 1. The molecule has 12 heteroatoms. The van der Waals surface area contributed by atoms with Gasteiger partial charge in [-0.3, -0.25) is 0 Å². The Balaban J connectivity index is 1.23. The van der Waals surface area contributed by atoms with Crippen LogP contribution in [0.4, 0.5) is 0 Å². The summed E-state index contributed by atoms with van der Waals surface area (Å²) in [6, 6.07) is 15.9. The van der Waals surface area contributed by atoms with Crippen LogP contribution in [0.25, 0.3) is 33.5 Å². The molecule has 2 aromatic carbocycles. The molecule has 2 aliphatic heterocycles. The summed E-state index contributed by atoms with van der Waals surface area (Å²) in [4.78, 5) is 12.2. The Kier molecular flexibility index (Phi) is 5.71. The van der Waals surface area contributed by atoms with Crippen LogP contribution >= 0.6 is 11.6 Å². The Morgan fingerprint density at radius 3 is 2.31 bits per heavy atom. The predicted octanol–water partition coefficient (Wildman–Crippen LogP) is 2.50. The van der Waals surface area contributed by atoms with Gasteiger partial charge in [0.25, 0.3) is 6.01 Å². The van der Waals surface area contributed by atoms with Gasteiger partial charge in [0.15, 0.2) is 11.8 Å². The largest absolute Gasteiger partial charge is 0.456 e. The second-order valence-corrected chi connectivity index (χ2v) is 10.7. The van der Waals surface area contributed by atoms with Gasteiger partial charge in [-0.15, -0.1) is 0 Å². The number of H-pyrrole nitrogens is 1. The van der Waals surface area contributed by atoms with Gasteiger partial charge in [0.2, 0.25) is 10.0 Å². The summed E-state index contributed by atoms with van der Waals surface area (Å²) >= 11 is 6.54. The van der Waals surface area contributed by atoms with E-state index in [0.29, 0.717) is 28.5 Å². The SMILES string of the molecule is NS(=O)(=O)c1ccc(-c2ccc(-c3nc4nc(O[C@@H]5COC6[C@H](O)CO[C@@H]65)[nH]c4cc3Cl)cc2)cc1. The van der Waals surface area contributed by atoms with Gasteiger partial charge < -0.3 is 24.3 Å². The van der Waals surface area contributed by atoms with Crippen LogP contribution in [0.2, 0.25) is 5.02 Å². The zero-order valence-electron chi connectivity index (χ0n) is 18.7. The molecule has 4 aromatic rings. The molecule has 2 saturated heterocycles. The number of nitrogens with one attached hydrogen (secondary N) is 1. The Labute approximate surface area is 211 Å². The third-order valence-electron chi connectivity index (χ3n) is 6.32. The number of hydrogen-bond acceptors (Lipinski definition) is 8. The highest BCUT2D eigenvalue weighted by Gasteiger charge is 2.48. The van der Waals surface area contributed by atoms with Crippen LogP contribution in [-0.4, -0.2) is 66.1 Å². The van der Waals surface area contributed by atoms with Crippen molar-refractivity contribution in [1.29, 1.82) is 0 Å². The molecule has 1 unspecified atom stereocenters. The zero-order chi connectivity index (χ0) is 25.0. The van der Waals surface area contributed by atoms with E-state index in [-0.39, 0.29) is 23.6 Å². The number of hydrogen-bond donors (Lipinski definition) is 3. The molecule has 4 heterocycles. The van der Waals surface area contributed by atoms with E-state index in [1.165, 1.54) is 12.1 Å². The minimum atomic E-state index is -3.74. The number of aromatic amines is 1. The molecule has 0 saturated carbocycles. The number of nitrogens with zero attached hydrogens (tertiary/aromatic N) is 2. The van der Waals surface area contributed by atoms with Gasteiger partial charge in [-0.05, 0) is 29.3 Å². The second kappa shape index (κ2) is 8.80. The highest BCUT2D eigenvalue weighted by Crippen LogP contribution is 2.33. The lowest BCUT2D eigenvalue weighted by Crippen LogP contribution is -2.34. The minimum absolute atomic E-state index is 0.0585. The van der Waals surface area contributed by atoms with Crippen LogP contribution in [0.15, 0.2) is 59.5 Å². The quantitative estimate of drug-likeness (QED) is 0.357. The number of aliphatic hydroxyl groups is 1. The molecule has 0 amide bonds. The van der Waals surface area contributed by atoms with Gasteiger partial charge in [0, 0.05) is 5.56 Å². The lowest BCUT2D eigenvalue weighted by Gasteiger charge is -2.15. The first-order valence-electron chi connectivity index (χ1n) is 11.1. The maximum Gasteiger partial charge on any atom is 0.296 e. The summed E-state index contributed by atoms with van der Waals surface area (Å²) in [5.41, 5.74) is 4.14. The van der Waals surface area contributed by atoms with Crippen LogP contribution in [0.5, 0.6) is 6.01 Å². The standard InChI is InChI=1S/C24H21ClN4O6S/c25-16-9-17-23(29-24(27-17)35-19-11-34-21-18(30)10-33-22(19)21)28-20(16)14-3-1-12(2-4-14)13-5-7-15(8-6-13)36(26,31)32/h1-9,18-19,21-22,30H,10-11H2,(H2,26,31,32)(H,27,28,29)/t18-,19-,21?,22-/m1/s1. The van der Waals surface area contributed by atoms with Gasteiger partial charge >= 0.3 is 0 Å². The molecule has 2 aliphatic rings. The van der Waals surface area contributed by atoms with E-state index in [4.69, 9.17) is 31.0 Å². The average Bonchev–Trinajstić information content (AvgIpc) is 3.55. The first-order chi connectivity index (χ1) is 17.3. The highest BCUT2D eigenvalue weighted by molar-refractivity contribution is 7.89. The number of rotatable bonds is 5. The van der Waals surface area contributed by atoms with Crippen molar-refractivity contribution < 1.29 is 27.7 Å². The van der Waals surface area contributed by atoms with Crippen molar-refractivity contribution in [2.45, 2.75) is 29.3 Å². The molecule has 10 nitrogen and oxygen atoms in total. The molecule has 0 aliphatic carbocycles. The molecule has 36 heavy (non-hydrogen) atoms. The van der Waals surface area contributed by atoms with Crippen molar-refractivity contribution in [2.24, 2.45) is 5.14 Å². The van der Waals surface area contributed by atoms with E-state index in [9.17, 15) is 13.5 Å². The third-order valence-corrected chi connectivity index (χ3v) is 7.54. The van der Waals surface area contributed by atoms with Gasteiger partial charge in [-0.25, -0.2) is 18.5 Å². The Morgan fingerprint density at radius 2 is 1.61 bits per heavy atom. The number of aromatic nitrogens is 3. The molecular formula is C24H21ClN4O6S. The summed E-state index contributed by atoms with van der Waals surface area (Å²) in [7, 11) is -3.74. The number of aliphatic hydroxyl groups excluding tert-OH is 1. The number of benzene rings is 2. The number of ether oxygens (including phenoxy) is 3. The Morgan fingerprint density at radius 1 is 0.972 bits per heavy atom. The van der Waals surface area contributed by atoms with Gasteiger partial charge in [-0.1, -0.05) is 48.0 Å². The molecule has 2 aromatic heterocycles. The van der Waals surface area contributed by atoms with Crippen LogP contribution in [0.3, 0.4) is 0 Å². The molecule has 0 spiro atoms. The summed E-state index contributed by atoms with van der Waals surface area (Å²) in [5, 5.41) is 15.5. The van der Waals surface area contributed by atoms with E-state index < -0.39 is 28.3 Å². The normalized spacial score (nSPS) is 23.8. The molecule has 0 bridgehead atoms. The summed E-state index contributed by atoms with van der Waals surface area (Å²) in [6.45, 7) is 0.509. The minimum Gasteiger partial charge on any atom is -0.456 e. The highest BCUT2D eigenvalue weighted by atomic mass is 35.5. The predicted molar refractivity (Wildman–Crippen MR) is 131 cm³/mol. The fraction of sp³-hybridized carbons (Fsp3) is 0.250. The number of halogens is 1. The molecular weight excluding hydrogens is 508 g/mol. The number of pyridine rings is 1. The molecule has 0 radical (unpaired) electrons. The van der Waals surface area contributed by atoms with E-state index in [0.717, 1.165) is 16.7 Å². The molecule has 2 fully saturated rings. The number of imidazole rings is 1. The van der Waals surface area contributed by atoms with E-state index in [1.807, 2.05) is 24.3 Å². The third kappa shape index (κ3) is 4.23. The second-order valence-electron chi connectivity index (χ2n) is 8.70. The molecule has 4 N–H and O–H groups in total. The van der Waals surface area contributed by atoms with Gasteiger partial charge in [-0.2, -0.15) is 4.98 Å². The van der Waals surface area contributed by atoms with Crippen molar-refractivity contribution in [1.82, 2.24) is 15.0 Å². The fourth-order valence-corrected chi connectivity index (χ4v) is 5.28. The van der Waals surface area contributed by atoms with Crippen molar-refractivity contribution in [2.75, 3.05) is 13.2 Å². The van der Waals surface area contributed by atoms with Crippen molar-refractivity contribution in [3.8, 4) is 28.4 Å². The van der Waals surface area contributed by atoms with E-state index in [2.05, 4.69) is 15.0 Å². The molecule has 4 atom stereocenters. The fourth-order valence-electron chi connectivity index (χ4n) is 4.50. The maximum absolute atomic E-state index is 11.5. The molecule has 186 valence electrons. The van der Waals surface area contributed by atoms with Crippen LogP contribution < -0.4 is 9.88 Å². The van der Waals surface area contributed by atoms with E-state index >= 15 is 0 Å². The summed E-state index contributed by atoms with van der Waals surface area (Å²) < 4.78 is 40.1. The number of sulfonamides is 1. The van der Waals surface area contributed by atoms with Gasteiger partial charge in [0.05, 0.1) is 34.3 Å². The first kappa shape index (κ1) is 23.3. The Hall–Kier alpha value is -3.06. The van der Waals surface area contributed by atoms with E-state index in [1.54, 1.807) is 18.2 Å². The smallest absolute Gasteiger partial charge is 0.296 e. The number of fused-ring (bicyclic) bond motifs is 2.